The molecule has 70 valence electrons. The minimum atomic E-state index is -0.763. The minimum Gasteiger partial charge on any atom is -0.379 e. The van der Waals surface area contributed by atoms with Crippen LogP contribution in [0, 0.1) is 10.1 Å². The number of nitrogens with zero attached hydrogens (tertiary/aromatic N) is 2. The molecule has 1 fully saturated rings. The van der Waals surface area contributed by atoms with Gasteiger partial charge in [0.2, 0.25) is 0 Å². The van der Waals surface area contributed by atoms with Crippen LogP contribution < -0.4 is 0 Å². The molecule has 0 saturated carbocycles. The van der Waals surface area contributed by atoms with Gasteiger partial charge in [0.15, 0.2) is 0 Å². The molecule has 0 atom stereocenters. The molecule has 0 spiro atoms. The molecule has 0 bridgehead atoms. The van der Waals surface area contributed by atoms with E-state index in [4.69, 9.17) is 4.74 Å². The molecule has 0 amide bonds. The quantitative estimate of drug-likeness (QED) is 0.428. The summed E-state index contributed by atoms with van der Waals surface area (Å²) in [5.74, 6) is 0. The lowest BCUT2D eigenvalue weighted by atomic mass is 10.4. The fraction of sp³-hybridized carbons (Fsp3) is 1.00. The van der Waals surface area contributed by atoms with Crippen LogP contribution in [-0.2, 0) is 9.57 Å². The predicted molar refractivity (Wildman–Crippen MR) is 40.2 cm³/mol. The van der Waals surface area contributed by atoms with Gasteiger partial charge in [-0.3, -0.25) is 4.90 Å². The van der Waals surface area contributed by atoms with Crippen LogP contribution in [0.5, 0.6) is 0 Å². The van der Waals surface area contributed by atoms with Gasteiger partial charge < -0.3 is 9.57 Å². The molecule has 12 heavy (non-hydrogen) atoms. The number of ether oxygens (including phenoxy) is 1. The van der Waals surface area contributed by atoms with Gasteiger partial charge in [0.1, 0.15) is 6.61 Å². The van der Waals surface area contributed by atoms with Crippen molar-refractivity contribution in [3.8, 4) is 0 Å². The van der Waals surface area contributed by atoms with Crippen molar-refractivity contribution in [2.45, 2.75) is 0 Å². The fourth-order valence-electron chi connectivity index (χ4n) is 1.07. The minimum absolute atomic E-state index is 0.146. The number of hydrogen-bond donors (Lipinski definition) is 0. The highest BCUT2D eigenvalue weighted by Crippen LogP contribution is 1.95. The normalized spacial score (nSPS) is 19.0. The van der Waals surface area contributed by atoms with Crippen LogP contribution in [0.1, 0.15) is 0 Å². The fourth-order valence-corrected chi connectivity index (χ4v) is 1.07. The second kappa shape index (κ2) is 4.89. The Morgan fingerprint density at radius 1 is 1.50 bits per heavy atom. The van der Waals surface area contributed by atoms with Gasteiger partial charge in [-0.25, -0.2) is 0 Å². The third kappa shape index (κ3) is 3.49. The van der Waals surface area contributed by atoms with E-state index in [1.54, 1.807) is 0 Å². The smallest absolute Gasteiger partial charge is 0.294 e. The molecular weight excluding hydrogens is 164 g/mol. The Labute approximate surface area is 70.2 Å². The first-order valence-corrected chi connectivity index (χ1v) is 3.86. The summed E-state index contributed by atoms with van der Waals surface area (Å²) in [6.45, 7) is 3.83. The molecule has 0 aromatic heterocycles. The Hall–Kier alpha value is -0.880. The van der Waals surface area contributed by atoms with Crippen LogP contribution in [0.25, 0.3) is 0 Å². The lowest BCUT2D eigenvalue weighted by molar-refractivity contribution is -0.757. The first-order chi connectivity index (χ1) is 5.79. The summed E-state index contributed by atoms with van der Waals surface area (Å²) in [6.07, 6.45) is 0. The molecule has 6 heteroatoms. The summed E-state index contributed by atoms with van der Waals surface area (Å²) in [7, 11) is 0. The molecule has 1 heterocycles. The monoisotopic (exact) mass is 176 g/mol. The Morgan fingerprint density at radius 3 is 2.75 bits per heavy atom. The summed E-state index contributed by atoms with van der Waals surface area (Å²) in [6, 6.07) is 0. The molecule has 6 nitrogen and oxygen atoms in total. The van der Waals surface area contributed by atoms with E-state index in [9.17, 15) is 10.1 Å². The van der Waals surface area contributed by atoms with Gasteiger partial charge >= 0.3 is 0 Å². The van der Waals surface area contributed by atoms with Crippen molar-refractivity contribution in [1.29, 1.82) is 0 Å². The zero-order valence-electron chi connectivity index (χ0n) is 6.77. The van der Waals surface area contributed by atoms with Gasteiger partial charge in [-0.2, -0.15) is 0 Å². The summed E-state index contributed by atoms with van der Waals surface area (Å²) in [5, 5.41) is 9.02. The Kier molecular flexibility index (Phi) is 3.75. The van der Waals surface area contributed by atoms with E-state index in [-0.39, 0.29) is 6.61 Å². The van der Waals surface area contributed by atoms with Crippen molar-refractivity contribution in [3.05, 3.63) is 10.1 Å². The van der Waals surface area contributed by atoms with Gasteiger partial charge in [0, 0.05) is 19.6 Å². The highest BCUT2D eigenvalue weighted by Gasteiger charge is 2.09. The van der Waals surface area contributed by atoms with Crippen molar-refractivity contribution in [3.63, 3.8) is 0 Å². The van der Waals surface area contributed by atoms with Gasteiger partial charge in [0.25, 0.3) is 5.09 Å². The summed E-state index contributed by atoms with van der Waals surface area (Å²) in [5.41, 5.74) is 0. The number of rotatable bonds is 4. The lowest BCUT2D eigenvalue weighted by Gasteiger charge is -2.25. The van der Waals surface area contributed by atoms with Gasteiger partial charge in [-0.05, 0) is 0 Å². The van der Waals surface area contributed by atoms with E-state index in [1.165, 1.54) is 0 Å². The van der Waals surface area contributed by atoms with Crippen LogP contribution in [-0.4, -0.2) is 49.4 Å². The molecule has 0 radical (unpaired) electrons. The molecule has 0 aromatic rings. The topological polar surface area (TPSA) is 64.8 Å². The van der Waals surface area contributed by atoms with Crippen LogP contribution in [0.2, 0.25) is 0 Å². The second-order valence-corrected chi connectivity index (χ2v) is 2.51. The Balaban J connectivity index is 2.01. The van der Waals surface area contributed by atoms with E-state index in [0.29, 0.717) is 19.8 Å². The molecular formula is C6H12N2O4. The van der Waals surface area contributed by atoms with Gasteiger partial charge in [0.05, 0.1) is 13.2 Å². The van der Waals surface area contributed by atoms with Gasteiger partial charge in [-0.1, -0.05) is 0 Å². The lowest BCUT2D eigenvalue weighted by Crippen LogP contribution is -2.38. The molecule has 0 N–H and O–H groups in total. The standard InChI is InChI=1S/C6H12N2O4/c9-8(10)12-6-3-7-1-4-11-5-2-7/h1-6H2. The van der Waals surface area contributed by atoms with E-state index < -0.39 is 5.09 Å². The van der Waals surface area contributed by atoms with Crippen LogP contribution >= 0.6 is 0 Å². The first-order valence-electron chi connectivity index (χ1n) is 3.86. The van der Waals surface area contributed by atoms with Crippen molar-refractivity contribution in [1.82, 2.24) is 4.90 Å². The van der Waals surface area contributed by atoms with Crippen molar-refractivity contribution >= 4 is 0 Å². The number of morpholine rings is 1. The summed E-state index contributed by atoms with van der Waals surface area (Å²) < 4.78 is 5.11. The first kappa shape index (κ1) is 9.21. The second-order valence-electron chi connectivity index (χ2n) is 2.51. The molecule has 0 unspecified atom stereocenters. The van der Waals surface area contributed by atoms with Crippen LogP contribution in [0.3, 0.4) is 0 Å². The predicted octanol–water partition coefficient (Wildman–Crippen LogP) is -0.473. The molecule has 0 aromatic carbocycles. The van der Waals surface area contributed by atoms with E-state index in [1.807, 2.05) is 0 Å². The van der Waals surface area contributed by atoms with Crippen LogP contribution in [0.15, 0.2) is 0 Å². The van der Waals surface area contributed by atoms with E-state index in [2.05, 4.69) is 9.74 Å². The third-order valence-corrected chi connectivity index (χ3v) is 1.71. The van der Waals surface area contributed by atoms with E-state index >= 15 is 0 Å². The maximum absolute atomic E-state index is 9.78. The summed E-state index contributed by atoms with van der Waals surface area (Å²) in [4.78, 5) is 16.0. The average Bonchev–Trinajstić information content (AvgIpc) is 2.05. The molecule has 0 aliphatic carbocycles. The Morgan fingerprint density at radius 2 is 2.17 bits per heavy atom. The highest BCUT2D eigenvalue weighted by molar-refractivity contribution is 4.60. The number of hydrogen-bond acceptors (Lipinski definition) is 5. The van der Waals surface area contributed by atoms with Crippen molar-refractivity contribution < 1.29 is 14.7 Å². The highest BCUT2D eigenvalue weighted by atomic mass is 16.9. The zero-order chi connectivity index (χ0) is 8.81. The third-order valence-electron chi connectivity index (χ3n) is 1.71. The van der Waals surface area contributed by atoms with E-state index in [0.717, 1.165) is 13.1 Å². The molecule has 1 aliphatic heterocycles. The maximum Gasteiger partial charge on any atom is 0.294 e. The van der Waals surface area contributed by atoms with Crippen LogP contribution in [0.4, 0.5) is 0 Å². The molecule has 1 rings (SSSR count). The Bertz CT molecular complexity index is 146. The SMILES string of the molecule is O=[N+]([O-])OCCN1CCOCC1. The largest absolute Gasteiger partial charge is 0.379 e. The molecule has 1 aliphatic rings. The molecule has 1 saturated heterocycles. The van der Waals surface area contributed by atoms with Gasteiger partial charge in [-0.15, -0.1) is 10.1 Å². The van der Waals surface area contributed by atoms with Crippen molar-refractivity contribution in [2.24, 2.45) is 0 Å². The average molecular weight is 176 g/mol. The summed E-state index contributed by atoms with van der Waals surface area (Å²) >= 11 is 0. The van der Waals surface area contributed by atoms with Crippen molar-refractivity contribution in [2.75, 3.05) is 39.5 Å². The zero-order valence-corrected chi connectivity index (χ0v) is 6.77. The maximum atomic E-state index is 9.78.